The molecular weight excluding hydrogens is 242 g/mol. The minimum absolute atomic E-state index is 0.0524. The van der Waals surface area contributed by atoms with Crippen molar-refractivity contribution in [2.75, 3.05) is 11.1 Å². The van der Waals surface area contributed by atoms with E-state index in [0.29, 0.717) is 23.8 Å². The summed E-state index contributed by atoms with van der Waals surface area (Å²) in [6, 6.07) is 5.71. The van der Waals surface area contributed by atoms with E-state index >= 15 is 0 Å². The van der Waals surface area contributed by atoms with E-state index in [1.54, 1.807) is 6.92 Å². The fourth-order valence-corrected chi connectivity index (χ4v) is 2.16. The molecule has 19 heavy (non-hydrogen) atoms. The summed E-state index contributed by atoms with van der Waals surface area (Å²) in [6.07, 6.45) is 1.23. The number of rotatable bonds is 1. The Balaban J connectivity index is 2.04. The summed E-state index contributed by atoms with van der Waals surface area (Å²) >= 11 is 0. The second-order valence-corrected chi connectivity index (χ2v) is 4.51. The van der Waals surface area contributed by atoms with Gasteiger partial charge in [-0.2, -0.15) is 0 Å². The molecule has 0 aliphatic carbocycles. The number of hydrogen-bond donors (Lipinski definition) is 2. The molecule has 1 aliphatic rings. The van der Waals surface area contributed by atoms with Gasteiger partial charge in [0, 0.05) is 17.7 Å². The van der Waals surface area contributed by atoms with Crippen molar-refractivity contribution in [3.8, 4) is 11.3 Å². The van der Waals surface area contributed by atoms with Gasteiger partial charge in [0.15, 0.2) is 5.82 Å². The van der Waals surface area contributed by atoms with Gasteiger partial charge in [0.05, 0.1) is 0 Å². The Labute approximate surface area is 110 Å². The molecule has 3 rings (SSSR count). The minimum atomic E-state index is 0.0524. The lowest BCUT2D eigenvalue weighted by atomic mass is 9.99. The van der Waals surface area contributed by atoms with Crippen LogP contribution in [0, 0.1) is 6.92 Å². The van der Waals surface area contributed by atoms with Gasteiger partial charge in [-0.25, -0.2) is 4.98 Å². The SMILES string of the molecule is Cc1nnc(-c2ccc3c(c2)CCC(=O)N3)c(N)n1. The maximum Gasteiger partial charge on any atom is 0.224 e. The number of nitrogen functional groups attached to an aromatic ring is 1. The molecule has 1 aromatic carbocycles. The lowest BCUT2D eigenvalue weighted by Gasteiger charge is -2.17. The average molecular weight is 255 g/mol. The van der Waals surface area contributed by atoms with Crippen molar-refractivity contribution >= 4 is 17.4 Å². The van der Waals surface area contributed by atoms with Gasteiger partial charge in [-0.1, -0.05) is 6.07 Å². The second kappa shape index (κ2) is 4.31. The van der Waals surface area contributed by atoms with Crippen LogP contribution in [0.5, 0.6) is 0 Å². The fraction of sp³-hybridized carbons (Fsp3) is 0.231. The van der Waals surface area contributed by atoms with Gasteiger partial charge in [-0.3, -0.25) is 4.79 Å². The first kappa shape index (κ1) is 11.6. The Hall–Kier alpha value is -2.50. The molecule has 0 spiro atoms. The van der Waals surface area contributed by atoms with Crippen molar-refractivity contribution in [1.29, 1.82) is 0 Å². The molecule has 2 heterocycles. The number of carbonyl (C=O) groups is 1. The van der Waals surface area contributed by atoms with E-state index in [-0.39, 0.29) is 5.91 Å². The summed E-state index contributed by atoms with van der Waals surface area (Å²) in [5.41, 5.74) is 9.25. The molecule has 2 aromatic rings. The molecule has 0 atom stereocenters. The number of nitrogens with one attached hydrogen (secondary N) is 1. The van der Waals surface area contributed by atoms with E-state index in [4.69, 9.17) is 5.73 Å². The molecule has 6 nitrogen and oxygen atoms in total. The van der Waals surface area contributed by atoms with Crippen molar-refractivity contribution in [3.05, 3.63) is 29.6 Å². The van der Waals surface area contributed by atoms with Crippen LogP contribution in [0.25, 0.3) is 11.3 Å². The summed E-state index contributed by atoms with van der Waals surface area (Å²) in [6.45, 7) is 1.75. The van der Waals surface area contributed by atoms with Crippen LogP contribution in [-0.2, 0) is 11.2 Å². The lowest BCUT2D eigenvalue weighted by Crippen LogP contribution is -2.18. The third kappa shape index (κ3) is 2.12. The molecule has 0 saturated carbocycles. The molecule has 0 fully saturated rings. The van der Waals surface area contributed by atoms with E-state index in [1.807, 2.05) is 18.2 Å². The topological polar surface area (TPSA) is 93.8 Å². The number of fused-ring (bicyclic) bond motifs is 1. The molecule has 0 saturated heterocycles. The molecule has 1 aliphatic heterocycles. The summed E-state index contributed by atoms with van der Waals surface area (Å²) in [7, 11) is 0. The number of anilines is 2. The van der Waals surface area contributed by atoms with Gasteiger partial charge in [-0.15, -0.1) is 10.2 Å². The second-order valence-electron chi connectivity index (χ2n) is 4.51. The maximum absolute atomic E-state index is 11.3. The van der Waals surface area contributed by atoms with Crippen LogP contribution in [-0.4, -0.2) is 21.1 Å². The van der Waals surface area contributed by atoms with Crippen LogP contribution in [0.15, 0.2) is 18.2 Å². The normalized spacial score (nSPS) is 13.8. The van der Waals surface area contributed by atoms with Crippen LogP contribution in [0.2, 0.25) is 0 Å². The van der Waals surface area contributed by atoms with E-state index < -0.39 is 0 Å². The van der Waals surface area contributed by atoms with Gasteiger partial charge in [0.25, 0.3) is 0 Å². The highest BCUT2D eigenvalue weighted by molar-refractivity contribution is 5.94. The number of aryl methyl sites for hydroxylation is 2. The van der Waals surface area contributed by atoms with Crippen LogP contribution in [0.3, 0.4) is 0 Å². The summed E-state index contributed by atoms with van der Waals surface area (Å²) in [4.78, 5) is 15.4. The monoisotopic (exact) mass is 255 g/mol. The number of nitrogens with zero attached hydrogens (tertiary/aromatic N) is 3. The summed E-state index contributed by atoms with van der Waals surface area (Å²) in [5, 5.41) is 10.9. The van der Waals surface area contributed by atoms with Crippen LogP contribution < -0.4 is 11.1 Å². The summed E-state index contributed by atoms with van der Waals surface area (Å²) < 4.78 is 0. The smallest absolute Gasteiger partial charge is 0.224 e. The number of nitrogens with two attached hydrogens (primary N) is 1. The third-order valence-electron chi connectivity index (χ3n) is 3.09. The highest BCUT2D eigenvalue weighted by Crippen LogP contribution is 2.29. The highest BCUT2D eigenvalue weighted by Gasteiger charge is 2.16. The van der Waals surface area contributed by atoms with Crippen molar-refractivity contribution in [2.45, 2.75) is 19.8 Å². The molecule has 1 aromatic heterocycles. The van der Waals surface area contributed by atoms with Crippen molar-refractivity contribution in [3.63, 3.8) is 0 Å². The predicted molar refractivity (Wildman–Crippen MR) is 71.4 cm³/mol. The molecule has 0 unspecified atom stereocenters. The van der Waals surface area contributed by atoms with Gasteiger partial charge < -0.3 is 11.1 Å². The van der Waals surface area contributed by atoms with Gasteiger partial charge >= 0.3 is 0 Å². The first-order valence-corrected chi connectivity index (χ1v) is 6.03. The first-order chi connectivity index (χ1) is 9.13. The molecule has 0 bridgehead atoms. The van der Waals surface area contributed by atoms with Crippen molar-refractivity contribution < 1.29 is 4.79 Å². The van der Waals surface area contributed by atoms with Crippen LogP contribution >= 0.6 is 0 Å². The number of amides is 1. The number of carbonyl (C=O) groups excluding carboxylic acids is 1. The average Bonchev–Trinajstić information content (AvgIpc) is 2.38. The first-order valence-electron chi connectivity index (χ1n) is 6.03. The Morgan fingerprint density at radius 3 is 2.89 bits per heavy atom. The van der Waals surface area contributed by atoms with Gasteiger partial charge in [0.1, 0.15) is 11.5 Å². The van der Waals surface area contributed by atoms with E-state index in [9.17, 15) is 4.79 Å². The Morgan fingerprint density at radius 1 is 1.26 bits per heavy atom. The molecule has 3 N–H and O–H groups in total. The number of aromatic nitrogens is 3. The minimum Gasteiger partial charge on any atom is -0.382 e. The maximum atomic E-state index is 11.3. The fourth-order valence-electron chi connectivity index (χ4n) is 2.16. The lowest BCUT2D eigenvalue weighted by molar-refractivity contribution is -0.116. The quantitative estimate of drug-likeness (QED) is 0.801. The molecule has 1 amide bonds. The van der Waals surface area contributed by atoms with E-state index in [1.165, 1.54) is 0 Å². The highest BCUT2D eigenvalue weighted by atomic mass is 16.1. The molecule has 96 valence electrons. The molecule has 0 radical (unpaired) electrons. The van der Waals surface area contributed by atoms with Crippen molar-refractivity contribution in [2.24, 2.45) is 0 Å². The zero-order chi connectivity index (χ0) is 13.4. The van der Waals surface area contributed by atoms with Gasteiger partial charge in [0.2, 0.25) is 5.91 Å². The predicted octanol–water partition coefficient (Wildman–Crippen LogP) is 1.31. The summed E-state index contributed by atoms with van der Waals surface area (Å²) in [5.74, 6) is 0.968. The van der Waals surface area contributed by atoms with Gasteiger partial charge in [-0.05, 0) is 31.0 Å². The zero-order valence-corrected chi connectivity index (χ0v) is 10.5. The number of hydrogen-bond acceptors (Lipinski definition) is 5. The standard InChI is InChI=1S/C13H13N5O/c1-7-15-13(14)12(18-17-7)9-2-4-10-8(6-9)3-5-11(19)16-10/h2,4,6H,3,5H2,1H3,(H,16,19)(H2,14,15,17). The molecule has 6 heteroatoms. The van der Waals surface area contributed by atoms with E-state index in [0.717, 1.165) is 23.2 Å². The third-order valence-corrected chi connectivity index (χ3v) is 3.09. The number of benzene rings is 1. The van der Waals surface area contributed by atoms with Crippen LogP contribution in [0.1, 0.15) is 17.8 Å². The zero-order valence-electron chi connectivity index (χ0n) is 10.5. The Kier molecular flexibility index (Phi) is 2.63. The Morgan fingerprint density at radius 2 is 2.11 bits per heavy atom. The van der Waals surface area contributed by atoms with E-state index in [2.05, 4.69) is 20.5 Å². The van der Waals surface area contributed by atoms with Crippen LogP contribution in [0.4, 0.5) is 11.5 Å². The molecular formula is C13H13N5O. The largest absolute Gasteiger partial charge is 0.382 e. The Bertz CT molecular complexity index is 668. The van der Waals surface area contributed by atoms with Crippen molar-refractivity contribution in [1.82, 2.24) is 15.2 Å².